The smallest absolute Gasteiger partial charge is 0.371 e. The number of primary amides is 1. The number of amides is 2. The molecule has 31 heavy (non-hydrogen) atoms. The van der Waals surface area contributed by atoms with Crippen molar-refractivity contribution < 1.29 is 22.8 Å². The van der Waals surface area contributed by atoms with Crippen LogP contribution < -0.4 is 10.6 Å². The van der Waals surface area contributed by atoms with Gasteiger partial charge in [0.05, 0.1) is 17.2 Å². The predicted molar refractivity (Wildman–Crippen MR) is 107 cm³/mol. The molecule has 2 amide bonds. The van der Waals surface area contributed by atoms with Crippen molar-refractivity contribution >= 4 is 17.5 Å². The second kappa shape index (κ2) is 7.74. The van der Waals surface area contributed by atoms with Crippen LogP contribution in [0, 0.1) is 22.7 Å². The van der Waals surface area contributed by atoms with Gasteiger partial charge in [-0.2, -0.15) is 18.4 Å². The van der Waals surface area contributed by atoms with Crippen LogP contribution in [0.3, 0.4) is 0 Å². The number of hydrogen-bond donors (Lipinski definition) is 1. The first-order valence-corrected chi connectivity index (χ1v) is 10.6. The Labute approximate surface area is 178 Å². The maximum atomic E-state index is 13.3. The van der Waals surface area contributed by atoms with Gasteiger partial charge >= 0.3 is 6.18 Å². The zero-order valence-electron chi connectivity index (χ0n) is 17.1. The third-order valence-corrected chi connectivity index (χ3v) is 6.94. The first kappa shape index (κ1) is 21.5. The highest BCUT2D eigenvalue weighted by atomic mass is 19.4. The van der Waals surface area contributed by atoms with Gasteiger partial charge in [0, 0.05) is 31.7 Å². The highest BCUT2D eigenvalue weighted by Gasteiger charge is 2.49. The summed E-state index contributed by atoms with van der Waals surface area (Å²) in [5.74, 6) is -0.100. The van der Waals surface area contributed by atoms with E-state index < -0.39 is 29.3 Å². The summed E-state index contributed by atoms with van der Waals surface area (Å²) < 4.78 is 39.9. The molecule has 2 heterocycles. The lowest BCUT2D eigenvalue weighted by molar-refractivity contribution is -0.138. The summed E-state index contributed by atoms with van der Waals surface area (Å²) >= 11 is 0. The molecule has 0 bridgehead atoms. The van der Waals surface area contributed by atoms with Gasteiger partial charge < -0.3 is 15.5 Å². The van der Waals surface area contributed by atoms with Crippen LogP contribution in [0.25, 0.3) is 0 Å². The first-order valence-electron chi connectivity index (χ1n) is 10.6. The Morgan fingerprint density at radius 3 is 2.45 bits per heavy atom. The molecular formula is C22H25F3N4O2. The fourth-order valence-electron chi connectivity index (χ4n) is 4.92. The number of likely N-dealkylation sites (tertiary alicyclic amines) is 1. The SMILES string of the molecule is N#Cc1ccc(N2CCC3(CC2)CC(C(N)=O)N(C(=O)CC2CC2)C3)cc1C(F)(F)F. The minimum Gasteiger partial charge on any atom is -0.371 e. The van der Waals surface area contributed by atoms with Gasteiger partial charge in [-0.3, -0.25) is 9.59 Å². The molecule has 1 saturated carbocycles. The quantitative estimate of drug-likeness (QED) is 0.789. The van der Waals surface area contributed by atoms with Crippen LogP contribution in [0.5, 0.6) is 0 Å². The second-order valence-corrected chi connectivity index (χ2v) is 9.12. The fraction of sp³-hybridized carbons (Fsp3) is 0.591. The van der Waals surface area contributed by atoms with Crippen molar-refractivity contribution in [3.8, 4) is 6.07 Å². The average Bonchev–Trinajstić information content (AvgIpc) is 3.46. The molecular weight excluding hydrogens is 409 g/mol. The molecule has 0 aromatic heterocycles. The Morgan fingerprint density at radius 2 is 1.90 bits per heavy atom. The van der Waals surface area contributed by atoms with Gasteiger partial charge in [0.2, 0.25) is 11.8 Å². The molecule has 1 aromatic carbocycles. The summed E-state index contributed by atoms with van der Waals surface area (Å²) in [5.41, 5.74) is 4.45. The number of benzene rings is 1. The van der Waals surface area contributed by atoms with Crippen molar-refractivity contribution in [2.24, 2.45) is 17.1 Å². The minimum atomic E-state index is -4.60. The van der Waals surface area contributed by atoms with Gasteiger partial charge in [-0.1, -0.05) is 0 Å². The van der Waals surface area contributed by atoms with E-state index in [1.165, 1.54) is 12.1 Å². The van der Waals surface area contributed by atoms with Gasteiger partial charge in [0.15, 0.2) is 0 Å². The lowest BCUT2D eigenvalue weighted by Crippen LogP contribution is -2.44. The van der Waals surface area contributed by atoms with Crippen LogP contribution >= 0.6 is 0 Å². The van der Waals surface area contributed by atoms with E-state index in [1.807, 2.05) is 4.90 Å². The first-order chi connectivity index (χ1) is 14.6. The molecule has 9 heteroatoms. The molecule has 1 spiro atoms. The second-order valence-electron chi connectivity index (χ2n) is 9.12. The number of anilines is 1. The topological polar surface area (TPSA) is 90.4 Å². The van der Waals surface area contributed by atoms with E-state index in [1.54, 1.807) is 11.0 Å². The highest BCUT2D eigenvalue weighted by Crippen LogP contribution is 2.45. The van der Waals surface area contributed by atoms with Crippen molar-refractivity contribution in [2.45, 2.75) is 50.7 Å². The lowest BCUT2D eigenvalue weighted by atomic mass is 9.76. The standard InChI is InChI=1S/C22H25F3N4O2/c23-22(24,25)17-10-16(4-3-15(17)12-26)28-7-5-21(6-8-28)11-18(20(27)31)29(13-21)19(30)9-14-1-2-14/h3-4,10,14,18H,1-2,5-9,11,13H2,(H2,27,31). The maximum absolute atomic E-state index is 13.3. The molecule has 0 radical (unpaired) electrons. The lowest BCUT2D eigenvalue weighted by Gasteiger charge is -2.40. The third-order valence-electron chi connectivity index (χ3n) is 6.94. The zero-order chi connectivity index (χ0) is 22.4. The van der Waals surface area contributed by atoms with Gasteiger partial charge in [0.1, 0.15) is 6.04 Å². The molecule has 1 aromatic rings. The van der Waals surface area contributed by atoms with Crippen molar-refractivity contribution in [3.05, 3.63) is 29.3 Å². The molecule has 1 atom stereocenters. The molecule has 3 fully saturated rings. The van der Waals surface area contributed by atoms with E-state index >= 15 is 0 Å². The third kappa shape index (κ3) is 4.34. The predicted octanol–water partition coefficient (Wildman–Crippen LogP) is 3.05. The number of alkyl halides is 3. The minimum absolute atomic E-state index is 0.0208. The summed E-state index contributed by atoms with van der Waals surface area (Å²) in [7, 11) is 0. The van der Waals surface area contributed by atoms with Crippen LogP contribution in [0.1, 0.15) is 49.7 Å². The van der Waals surface area contributed by atoms with Crippen molar-refractivity contribution in [2.75, 3.05) is 24.5 Å². The largest absolute Gasteiger partial charge is 0.417 e. The molecule has 166 valence electrons. The molecule has 2 N–H and O–H groups in total. The molecule has 6 nitrogen and oxygen atoms in total. The number of rotatable bonds is 4. The van der Waals surface area contributed by atoms with E-state index in [2.05, 4.69) is 0 Å². The highest BCUT2D eigenvalue weighted by molar-refractivity contribution is 5.87. The number of carbonyl (C=O) groups is 2. The number of hydrogen-bond acceptors (Lipinski definition) is 4. The summed E-state index contributed by atoms with van der Waals surface area (Å²) in [6.45, 7) is 1.50. The van der Waals surface area contributed by atoms with E-state index in [0.29, 0.717) is 56.9 Å². The summed E-state index contributed by atoms with van der Waals surface area (Å²) in [6.07, 6.45) is -0.223. The van der Waals surface area contributed by atoms with E-state index in [9.17, 15) is 22.8 Å². The van der Waals surface area contributed by atoms with Crippen molar-refractivity contribution in [1.29, 1.82) is 5.26 Å². The molecule has 3 aliphatic rings. The summed E-state index contributed by atoms with van der Waals surface area (Å²) in [6, 6.07) is 4.77. The number of halogens is 3. The fourth-order valence-corrected chi connectivity index (χ4v) is 4.92. The Balaban J connectivity index is 1.47. The average molecular weight is 434 g/mol. The molecule has 1 unspecified atom stereocenters. The number of nitrogens with two attached hydrogens (primary N) is 1. The van der Waals surface area contributed by atoms with Crippen LogP contribution in [0.2, 0.25) is 0 Å². The molecule has 2 saturated heterocycles. The monoisotopic (exact) mass is 434 g/mol. The number of nitriles is 1. The van der Waals surface area contributed by atoms with Gasteiger partial charge in [0.25, 0.3) is 0 Å². The number of carbonyl (C=O) groups excluding carboxylic acids is 2. The van der Waals surface area contributed by atoms with Crippen LogP contribution in [-0.2, 0) is 15.8 Å². The zero-order valence-corrected chi connectivity index (χ0v) is 17.1. The van der Waals surface area contributed by atoms with Gasteiger partial charge in [-0.25, -0.2) is 0 Å². The van der Waals surface area contributed by atoms with Gasteiger partial charge in [-0.15, -0.1) is 0 Å². The van der Waals surface area contributed by atoms with Crippen LogP contribution in [0.15, 0.2) is 18.2 Å². The molecule has 1 aliphatic carbocycles. The van der Waals surface area contributed by atoms with E-state index in [0.717, 1.165) is 18.9 Å². The van der Waals surface area contributed by atoms with Crippen molar-refractivity contribution in [1.82, 2.24) is 4.90 Å². The van der Waals surface area contributed by atoms with E-state index in [4.69, 9.17) is 11.0 Å². The van der Waals surface area contributed by atoms with Crippen LogP contribution in [-0.4, -0.2) is 42.4 Å². The van der Waals surface area contributed by atoms with Gasteiger partial charge in [-0.05, 0) is 61.6 Å². The Morgan fingerprint density at radius 1 is 1.23 bits per heavy atom. The number of nitrogens with zero attached hydrogens (tertiary/aromatic N) is 3. The maximum Gasteiger partial charge on any atom is 0.417 e. The molecule has 4 rings (SSSR count). The molecule has 2 aliphatic heterocycles. The van der Waals surface area contributed by atoms with Crippen molar-refractivity contribution in [3.63, 3.8) is 0 Å². The Kier molecular flexibility index (Phi) is 5.36. The summed E-state index contributed by atoms with van der Waals surface area (Å²) in [4.78, 5) is 28.2. The normalized spacial score (nSPS) is 23.1. The van der Waals surface area contributed by atoms with Crippen LogP contribution in [0.4, 0.5) is 18.9 Å². The van der Waals surface area contributed by atoms with E-state index in [-0.39, 0.29) is 11.3 Å². The summed E-state index contributed by atoms with van der Waals surface area (Å²) in [5, 5.41) is 8.99. The Bertz CT molecular complexity index is 928. The Hall–Kier alpha value is -2.76. The number of piperidine rings is 1.